The fraction of sp³-hybridized carbons (Fsp3) is 0.138. The first kappa shape index (κ1) is 24.6. The molecule has 1 heterocycles. The fourth-order valence-electron chi connectivity index (χ4n) is 4.56. The Morgan fingerprint density at radius 2 is 1.41 bits per heavy atom. The lowest BCUT2D eigenvalue weighted by molar-refractivity contribution is -0.137. The summed E-state index contributed by atoms with van der Waals surface area (Å²) in [7, 11) is 0. The molecule has 0 aliphatic rings. The summed E-state index contributed by atoms with van der Waals surface area (Å²) < 4.78 is 85.6. The topological polar surface area (TPSA) is 17.8 Å². The zero-order chi connectivity index (χ0) is 26.5. The Balaban J connectivity index is 1.97. The number of benzene rings is 4. The number of alkyl halides is 6. The van der Waals surface area contributed by atoms with Gasteiger partial charge >= 0.3 is 12.4 Å². The smallest absolute Gasteiger partial charge is 0.240 e. The van der Waals surface area contributed by atoms with Crippen molar-refractivity contribution in [2.45, 2.75) is 26.2 Å². The molecular weight excluding hydrogens is 490 g/mol. The number of nitrogens with zero attached hydrogens (tertiary/aromatic N) is 2. The fourth-order valence-corrected chi connectivity index (χ4v) is 4.56. The lowest BCUT2D eigenvalue weighted by Gasteiger charge is -2.22. The average molecular weight is 510 g/mol. The molecule has 2 nitrogen and oxygen atoms in total. The summed E-state index contributed by atoms with van der Waals surface area (Å²) in [5.41, 5.74) is -0.143. The molecule has 0 amide bonds. The third-order valence-electron chi connectivity index (χ3n) is 6.42. The van der Waals surface area contributed by atoms with Crippen molar-refractivity contribution in [1.82, 2.24) is 9.78 Å². The van der Waals surface area contributed by atoms with Gasteiger partial charge in [-0.15, -0.1) is 0 Å². The Morgan fingerprint density at radius 1 is 0.703 bits per heavy atom. The van der Waals surface area contributed by atoms with E-state index < -0.39 is 23.5 Å². The summed E-state index contributed by atoms with van der Waals surface area (Å²) in [6.45, 7) is 3.61. The molecule has 0 fully saturated rings. The summed E-state index contributed by atoms with van der Waals surface area (Å²) >= 11 is 0. The van der Waals surface area contributed by atoms with E-state index in [1.165, 1.54) is 16.8 Å². The SMILES string of the molecule is Cc1cn(-c2ccc(C(F)(F)F)c(-c3cccc(C(F)(F)F)c3)c2-c2cccc3ccccc23)nc1C. The molecule has 37 heavy (non-hydrogen) atoms. The largest absolute Gasteiger partial charge is 0.417 e. The first-order chi connectivity index (χ1) is 17.4. The predicted octanol–water partition coefficient (Wildman–Crippen LogP) is 9.01. The van der Waals surface area contributed by atoms with Gasteiger partial charge in [-0.3, -0.25) is 0 Å². The van der Waals surface area contributed by atoms with Gasteiger partial charge in [-0.2, -0.15) is 31.4 Å². The van der Waals surface area contributed by atoms with Crippen LogP contribution >= 0.6 is 0 Å². The summed E-state index contributed by atoms with van der Waals surface area (Å²) in [5.74, 6) is 0. The lowest BCUT2D eigenvalue weighted by Crippen LogP contribution is -2.11. The van der Waals surface area contributed by atoms with E-state index in [1.807, 2.05) is 25.1 Å². The molecule has 0 unspecified atom stereocenters. The second-order valence-electron chi connectivity index (χ2n) is 8.83. The maximum Gasteiger partial charge on any atom is 0.417 e. The van der Waals surface area contributed by atoms with Gasteiger partial charge in [0.25, 0.3) is 0 Å². The van der Waals surface area contributed by atoms with Gasteiger partial charge in [0.15, 0.2) is 0 Å². The van der Waals surface area contributed by atoms with Crippen molar-refractivity contribution in [3.63, 3.8) is 0 Å². The normalized spacial score (nSPS) is 12.3. The van der Waals surface area contributed by atoms with Gasteiger partial charge in [0, 0.05) is 17.3 Å². The van der Waals surface area contributed by atoms with Gasteiger partial charge in [0.2, 0.25) is 0 Å². The number of aryl methyl sites for hydroxylation is 2. The van der Waals surface area contributed by atoms with Crippen LogP contribution in [0.3, 0.4) is 0 Å². The molecule has 0 aliphatic heterocycles. The van der Waals surface area contributed by atoms with Crippen molar-refractivity contribution in [2.24, 2.45) is 0 Å². The molecule has 0 saturated carbocycles. The van der Waals surface area contributed by atoms with Crippen LogP contribution in [-0.4, -0.2) is 9.78 Å². The quantitative estimate of drug-likeness (QED) is 0.222. The van der Waals surface area contributed by atoms with Crippen LogP contribution in [0.2, 0.25) is 0 Å². The van der Waals surface area contributed by atoms with Gasteiger partial charge in [0.05, 0.1) is 22.5 Å². The van der Waals surface area contributed by atoms with Gasteiger partial charge < -0.3 is 0 Å². The molecule has 8 heteroatoms. The summed E-state index contributed by atoms with van der Waals surface area (Å²) in [5, 5.41) is 5.94. The van der Waals surface area contributed by atoms with Crippen LogP contribution in [0.5, 0.6) is 0 Å². The molecule has 5 aromatic rings. The van der Waals surface area contributed by atoms with Crippen LogP contribution in [0.1, 0.15) is 22.4 Å². The maximum absolute atomic E-state index is 14.4. The highest BCUT2D eigenvalue weighted by Crippen LogP contribution is 2.47. The zero-order valence-electron chi connectivity index (χ0n) is 19.7. The third kappa shape index (κ3) is 4.48. The van der Waals surface area contributed by atoms with Crippen LogP contribution < -0.4 is 0 Å². The molecule has 0 saturated heterocycles. The molecule has 188 valence electrons. The van der Waals surface area contributed by atoms with Crippen LogP contribution in [0.25, 0.3) is 38.7 Å². The second-order valence-corrected chi connectivity index (χ2v) is 8.83. The van der Waals surface area contributed by atoms with E-state index in [-0.39, 0.29) is 16.7 Å². The Morgan fingerprint density at radius 3 is 2.08 bits per heavy atom. The summed E-state index contributed by atoms with van der Waals surface area (Å²) in [6.07, 6.45) is -7.85. The number of halogens is 6. The maximum atomic E-state index is 14.4. The van der Waals surface area contributed by atoms with E-state index >= 15 is 0 Å². The lowest BCUT2D eigenvalue weighted by atomic mass is 9.86. The number of fused-ring (bicyclic) bond motifs is 1. The van der Waals surface area contributed by atoms with Crippen LogP contribution in [0.15, 0.2) is 85.1 Å². The molecular formula is C29H20F6N2. The minimum atomic E-state index is -4.82. The molecule has 1 aromatic heterocycles. The minimum absolute atomic E-state index is 0.147. The van der Waals surface area contributed by atoms with E-state index in [9.17, 15) is 26.3 Å². The molecule has 0 spiro atoms. The van der Waals surface area contributed by atoms with Crippen molar-refractivity contribution >= 4 is 10.8 Å². The first-order valence-electron chi connectivity index (χ1n) is 11.4. The first-order valence-corrected chi connectivity index (χ1v) is 11.4. The van der Waals surface area contributed by atoms with Gasteiger partial charge in [-0.1, -0.05) is 54.6 Å². The monoisotopic (exact) mass is 510 g/mol. The standard InChI is InChI=1S/C29H20F6N2/c1-17-16-37(36-18(17)2)25-14-13-24(29(33,34)35)26(20-9-5-10-21(15-20)28(30,31)32)27(25)23-12-6-8-19-7-3-4-11-22(19)23/h3-16H,1-2H3. The molecule has 0 radical (unpaired) electrons. The van der Waals surface area contributed by atoms with E-state index in [0.29, 0.717) is 22.3 Å². The molecule has 4 aromatic carbocycles. The highest BCUT2D eigenvalue weighted by atomic mass is 19.4. The van der Waals surface area contributed by atoms with Crippen molar-refractivity contribution in [3.05, 3.63) is 107 Å². The number of aromatic nitrogens is 2. The Labute approximate surface area is 208 Å². The average Bonchev–Trinajstić information content (AvgIpc) is 3.19. The van der Waals surface area contributed by atoms with Gasteiger partial charge in [-0.05, 0) is 65.6 Å². The Bertz CT molecular complexity index is 1600. The number of rotatable bonds is 3. The van der Waals surface area contributed by atoms with E-state index in [0.717, 1.165) is 35.2 Å². The summed E-state index contributed by atoms with van der Waals surface area (Å²) in [4.78, 5) is 0. The Kier molecular flexibility index (Phi) is 5.85. The van der Waals surface area contributed by atoms with E-state index in [1.54, 1.807) is 37.4 Å². The second kappa shape index (κ2) is 8.80. The molecule has 0 N–H and O–H groups in total. The number of hydrogen-bond acceptors (Lipinski definition) is 1. The van der Waals surface area contributed by atoms with Crippen molar-refractivity contribution in [3.8, 4) is 27.9 Å². The van der Waals surface area contributed by atoms with Gasteiger partial charge in [0.1, 0.15) is 0 Å². The van der Waals surface area contributed by atoms with Crippen LogP contribution in [0.4, 0.5) is 26.3 Å². The van der Waals surface area contributed by atoms with Crippen molar-refractivity contribution in [1.29, 1.82) is 0 Å². The van der Waals surface area contributed by atoms with E-state index in [2.05, 4.69) is 5.10 Å². The molecule has 0 aliphatic carbocycles. The molecule has 5 rings (SSSR count). The predicted molar refractivity (Wildman–Crippen MR) is 131 cm³/mol. The summed E-state index contributed by atoms with van der Waals surface area (Å²) in [6, 6.07) is 18.7. The van der Waals surface area contributed by atoms with Crippen LogP contribution in [-0.2, 0) is 12.4 Å². The van der Waals surface area contributed by atoms with E-state index in [4.69, 9.17) is 0 Å². The van der Waals surface area contributed by atoms with Crippen LogP contribution in [0, 0.1) is 13.8 Å². The Hall–Kier alpha value is -4.07. The van der Waals surface area contributed by atoms with Crippen molar-refractivity contribution in [2.75, 3.05) is 0 Å². The zero-order valence-corrected chi connectivity index (χ0v) is 19.7. The molecule has 0 bridgehead atoms. The van der Waals surface area contributed by atoms with Crippen molar-refractivity contribution < 1.29 is 26.3 Å². The van der Waals surface area contributed by atoms with Gasteiger partial charge in [-0.25, -0.2) is 4.68 Å². The highest BCUT2D eigenvalue weighted by Gasteiger charge is 2.37. The number of hydrogen-bond donors (Lipinski definition) is 0. The molecule has 0 atom stereocenters. The third-order valence-corrected chi connectivity index (χ3v) is 6.42. The highest BCUT2D eigenvalue weighted by molar-refractivity contribution is 6.03. The minimum Gasteiger partial charge on any atom is -0.240 e.